The van der Waals surface area contributed by atoms with Crippen molar-refractivity contribution in [2.75, 3.05) is 6.61 Å². The van der Waals surface area contributed by atoms with Crippen LogP contribution >= 0.6 is 0 Å². The highest BCUT2D eigenvalue weighted by Crippen LogP contribution is 1.69. The fraction of sp³-hybridized carbons (Fsp3) is 0.500. The van der Waals surface area contributed by atoms with Gasteiger partial charge in [-0.2, -0.15) is 5.26 Å². The zero-order valence-corrected chi connectivity index (χ0v) is 3.53. The number of hydrogen-bond donors (Lipinski definition) is 1. The molecule has 0 aromatic rings. The van der Waals surface area contributed by atoms with Gasteiger partial charge < -0.3 is 10.7 Å². The maximum absolute atomic E-state index is 7.78. The lowest BCUT2D eigenvalue weighted by Crippen LogP contribution is -1.82. The Morgan fingerprint density at radius 1 is 1.86 bits per heavy atom. The van der Waals surface area contributed by atoms with E-state index >= 15 is 0 Å². The van der Waals surface area contributed by atoms with E-state index in [-0.39, 0.29) is 6.61 Å². The molecule has 0 rings (SSSR count). The number of rotatable bonds is 2. The molecule has 0 bridgehead atoms. The second kappa shape index (κ2) is 4.69. The quantitative estimate of drug-likeness (QED) is 0.225. The lowest BCUT2D eigenvalue weighted by Gasteiger charge is -1.80. The molecule has 0 spiro atoms. The lowest BCUT2D eigenvalue weighted by molar-refractivity contribution is 0.153. The van der Waals surface area contributed by atoms with Crippen molar-refractivity contribution in [2.45, 2.75) is 0 Å². The molecule has 0 fully saturated rings. The molecule has 2 N–H and O–H groups in total. The Kier molecular flexibility index (Phi) is 3.81. The Bertz CT molecular complexity index is 92.4. The van der Waals surface area contributed by atoms with Gasteiger partial charge in [0.25, 0.3) is 0 Å². The fourth-order valence-corrected chi connectivity index (χ4v) is 0.0911. The molecule has 0 unspecified atom stereocenters. The van der Waals surface area contributed by atoms with E-state index in [0.717, 1.165) is 0 Å². The van der Waals surface area contributed by atoms with Crippen molar-refractivity contribution >= 4 is 0 Å². The number of hydrogen-bond acceptors (Lipinski definition) is 4. The first-order valence-corrected chi connectivity index (χ1v) is 1.51. The summed E-state index contributed by atoms with van der Waals surface area (Å²) in [5.74, 6) is 4.49. The molecule has 0 aliphatic rings. The van der Waals surface area contributed by atoms with Crippen LogP contribution < -0.4 is 5.84 Å². The molecular weight excluding hydrogens is 96.0 g/mol. The summed E-state index contributed by atoms with van der Waals surface area (Å²) < 4.78 is 0. The van der Waals surface area contributed by atoms with Crippen molar-refractivity contribution in [2.24, 2.45) is 16.3 Å². The Morgan fingerprint density at radius 2 is 2.57 bits per heavy atom. The highest BCUT2D eigenvalue weighted by atomic mass is 16.6. The maximum atomic E-state index is 7.78. The van der Waals surface area contributed by atoms with E-state index in [9.17, 15) is 0 Å². The van der Waals surface area contributed by atoms with Crippen LogP contribution in [0.1, 0.15) is 0 Å². The molecule has 38 valence electrons. The van der Waals surface area contributed by atoms with Crippen LogP contribution in [0, 0.1) is 11.3 Å². The molecule has 0 aliphatic heterocycles. The van der Waals surface area contributed by atoms with Crippen LogP contribution in [0.5, 0.6) is 0 Å². The fourth-order valence-electron chi connectivity index (χ4n) is 0.0911. The zero-order chi connectivity index (χ0) is 5.54. The molecule has 0 amide bonds. The van der Waals surface area contributed by atoms with E-state index in [1.54, 1.807) is 6.07 Å². The van der Waals surface area contributed by atoms with Gasteiger partial charge in [-0.1, -0.05) is 0 Å². The van der Waals surface area contributed by atoms with E-state index in [1.807, 2.05) is 0 Å². The van der Waals surface area contributed by atoms with Crippen LogP contribution in [0.2, 0.25) is 0 Å². The van der Waals surface area contributed by atoms with Crippen molar-refractivity contribution in [1.82, 2.24) is 0 Å². The van der Waals surface area contributed by atoms with Gasteiger partial charge in [0.2, 0.25) is 6.61 Å². The zero-order valence-electron chi connectivity index (χ0n) is 3.53. The van der Waals surface area contributed by atoms with Crippen LogP contribution in [-0.2, 0) is 4.84 Å². The summed E-state index contributed by atoms with van der Waals surface area (Å²) in [6.45, 7) is -0.110. The van der Waals surface area contributed by atoms with Crippen LogP contribution in [0.4, 0.5) is 0 Å². The van der Waals surface area contributed by atoms with E-state index < -0.39 is 0 Å². The smallest absolute Gasteiger partial charge is 0.204 e. The van der Waals surface area contributed by atoms with Gasteiger partial charge in [-0.05, 0) is 5.22 Å². The molecule has 0 radical (unpaired) electrons. The third kappa shape index (κ3) is 4.69. The van der Waals surface area contributed by atoms with Gasteiger partial charge in [0.1, 0.15) is 6.07 Å². The maximum Gasteiger partial charge on any atom is 0.204 e. The van der Waals surface area contributed by atoms with Crippen molar-refractivity contribution < 1.29 is 4.84 Å². The van der Waals surface area contributed by atoms with E-state index in [0.29, 0.717) is 0 Å². The van der Waals surface area contributed by atoms with E-state index in [2.05, 4.69) is 21.2 Å². The molecule has 0 aromatic heterocycles. The van der Waals surface area contributed by atoms with Gasteiger partial charge in [-0.3, -0.25) is 0 Å². The number of nitrogens with zero attached hydrogens (tertiary/aromatic N) is 3. The Balaban J connectivity index is 2.87. The minimum Gasteiger partial charge on any atom is -0.363 e. The SMILES string of the molecule is N#CCON=NN. The van der Waals surface area contributed by atoms with Crippen molar-refractivity contribution in [3.8, 4) is 6.07 Å². The highest BCUT2D eigenvalue weighted by molar-refractivity contribution is 4.64. The van der Waals surface area contributed by atoms with Crippen LogP contribution in [0.3, 0.4) is 0 Å². The summed E-state index contributed by atoms with van der Waals surface area (Å²) in [5.41, 5.74) is 0. The molecule has 0 aromatic carbocycles. The predicted molar refractivity (Wildman–Crippen MR) is 20.6 cm³/mol. The Morgan fingerprint density at radius 3 is 3.00 bits per heavy atom. The summed E-state index contributed by atoms with van der Waals surface area (Å²) >= 11 is 0. The summed E-state index contributed by atoms with van der Waals surface area (Å²) in [6.07, 6.45) is 0. The number of nitrogens with two attached hydrogens (primary N) is 1. The van der Waals surface area contributed by atoms with Gasteiger partial charge in [-0.25, -0.2) is 0 Å². The first kappa shape index (κ1) is 5.69. The summed E-state index contributed by atoms with van der Waals surface area (Å²) in [7, 11) is 0. The second-order valence-corrected chi connectivity index (χ2v) is 0.629. The molecular formula is C2H4N4O. The number of nitriles is 1. The molecule has 0 aliphatic carbocycles. The predicted octanol–water partition coefficient (Wildman–Crippen LogP) is -0.233. The second-order valence-electron chi connectivity index (χ2n) is 0.629. The molecule has 0 saturated carbocycles. The third-order valence-corrected chi connectivity index (χ3v) is 0.234. The largest absolute Gasteiger partial charge is 0.363 e. The van der Waals surface area contributed by atoms with E-state index in [1.165, 1.54) is 0 Å². The van der Waals surface area contributed by atoms with Gasteiger partial charge in [0, 0.05) is 5.28 Å². The Hall–Kier alpha value is -1.31. The van der Waals surface area contributed by atoms with Crippen molar-refractivity contribution in [1.29, 1.82) is 5.26 Å². The van der Waals surface area contributed by atoms with Gasteiger partial charge >= 0.3 is 0 Å². The summed E-state index contributed by atoms with van der Waals surface area (Å²) in [6, 6.07) is 1.67. The standard InChI is InChI=1S/C2H4N4O/c3-1-2-7-6-5-4/h2H2,(H2,4,6). The van der Waals surface area contributed by atoms with Crippen LogP contribution in [0.25, 0.3) is 0 Å². The first-order valence-electron chi connectivity index (χ1n) is 1.51. The van der Waals surface area contributed by atoms with E-state index in [4.69, 9.17) is 5.26 Å². The van der Waals surface area contributed by atoms with Crippen LogP contribution in [-0.4, -0.2) is 6.61 Å². The Labute approximate surface area is 40.3 Å². The highest BCUT2D eigenvalue weighted by Gasteiger charge is 1.70. The topological polar surface area (TPSA) is 83.8 Å². The minimum atomic E-state index is -0.110. The lowest BCUT2D eigenvalue weighted by atomic mass is 10.9. The van der Waals surface area contributed by atoms with Gasteiger partial charge in [0.05, 0.1) is 0 Å². The average molecular weight is 100 g/mol. The molecule has 0 saturated heterocycles. The molecule has 7 heavy (non-hydrogen) atoms. The average Bonchev–Trinajstić information content (AvgIpc) is 1.69. The normalized spacial score (nSPS) is 8.43. The monoisotopic (exact) mass is 100 g/mol. The van der Waals surface area contributed by atoms with Crippen molar-refractivity contribution in [3.63, 3.8) is 0 Å². The van der Waals surface area contributed by atoms with Gasteiger partial charge in [-0.15, -0.1) is 0 Å². The minimum absolute atomic E-state index is 0.110. The molecule has 5 heteroatoms. The molecule has 5 nitrogen and oxygen atoms in total. The van der Waals surface area contributed by atoms with Gasteiger partial charge in [0.15, 0.2) is 0 Å². The first-order chi connectivity index (χ1) is 3.41. The molecule has 0 atom stereocenters. The summed E-state index contributed by atoms with van der Waals surface area (Å²) in [4.78, 5) is 4.10. The van der Waals surface area contributed by atoms with Crippen LogP contribution in [0.15, 0.2) is 10.5 Å². The third-order valence-electron chi connectivity index (χ3n) is 0.234. The van der Waals surface area contributed by atoms with Crippen molar-refractivity contribution in [3.05, 3.63) is 0 Å². The molecule has 0 heterocycles. The summed E-state index contributed by atoms with van der Waals surface area (Å²) in [5, 5.41) is 13.3.